The summed E-state index contributed by atoms with van der Waals surface area (Å²) in [5.74, 6) is -0.182. The molecule has 0 aliphatic carbocycles. The molecule has 0 saturated heterocycles. The second-order valence-corrected chi connectivity index (χ2v) is 6.36. The fourth-order valence-corrected chi connectivity index (χ4v) is 3.21. The molecular weight excluding hydrogens is 344 g/mol. The molecule has 0 spiro atoms. The molecule has 0 atom stereocenters. The molecule has 1 aromatic heterocycles. The third-order valence-electron chi connectivity index (χ3n) is 4.57. The summed E-state index contributed by atoms with van der Waals surface area (Å²) in [6.07, 6.45) is 1.91. The maximum atomic E-state index is 12.7. The van der Waals surface area contributed by atoms with Crippen LogP contribution in [-0.2, 0) is 17.8 Å². The van der Waals surface area contributed by atoms with Crippen molar-refractivity contribution >= 4 is 17.5 Å². The average Bonchev–Trinajstić information content (AvgIpc) is 3.16. The number of aromatic nitrogens is 4. The Balaban J connectivity index is 1.50. The predicted octanol–water partition coefficient (Wildman–Crippen LogP) is 1.42. The smallest absolute Gasteiger partial charge is 0.250 e. The normalized spacial score (nSPS) is 13.3. The van der Waals surface area contributed by atoms with Crippen molar-refractivity contribution in [3.05, 3.63) is 59.7 Å². The third-order valence-corrected chi connectivity index (χ3v) is 4.57. The summed E-state index contributed by atoms with van der Waals surface area (Å²) in [7, 11) is 0. The highest BCUT2D eigenvalue weighted by Crippen LogP contribution is 2.26. The Hall–Kier alpha value is -3.55. The van der Waals surface area contributed by atoms with Crippen LogP contribution in [0.15, 0.2) is 48.5 Å². The number of nitrogens with two attached hydrogens (primary N) is 1. The quantitative estimate of drug-likeness (QED) is 0.755. The monoisotopic (exact) mass is 362 g/mol. The van der Waals surface area contributed by atoms with Gasteiger partial charge in [-0.3, -0.25) is 9.59 Å². The fraction of sp³-hybridized carbons (Fsp3) is 0.211. The Morgan fingerprint density at radius 1 is 1.07 bits per heavy atom. The number of aryl methyl sites for hydroxylation is 1. The van der Waals surface area contributed by atoms with E-state index in [0.717, 1.165) is 18.5 Å². The summed E-state index contributed by atoms with van der Waals surface area (Å²) in [6.45, 7) is 0.701. The maximum absolute atomic E-state index is 12.7. The zero-order valence-corrected chi connectivity index (χ0v) is 14.6. The van der Waals surface area contributed by atoms with Gasteiger partial charge in [0, 0.05) is 23.4 Å². The van der Waals surface area contributed by atoms with E-state index < -0.39 is 5.91 Å². The maximum Gasteiger partial charge on any atom is 0.250 e. The first-order valence-electron chi connectivity index (χ1n) is 8.68. The van der Waals surface area contributed by atoms with Crippen LogP contribution in [0.2, 0.25) is 0 Å². The van der Waals surface area contributed by atoms with Crippen LogP contribution in [0.4, 0.5) is 5.69 Å². The van der Waals surface area contributed by atoms with Crippen LogP contribution in [-0.4, -0.2) is 38.6 Å². The first kappa shape index (κ1) is 16.9. The van der Waals surface area contributed by atoms with E-state index in [2.05, 4.69) is 21.5 Å². The highest BCUT2D eigenvalue weighted by Gasteiger charge is 2.23. The van der Waals surface area contributed by atoms with Crippen molar-refractivity contribution in [3.8, 4) is 11.4 Å². The number of para-hydroxylation sites is 1. The zero-order valence-electron chi connectivity index (χ0n) is 14.6. The summed E-state index contributed by atoms with van der Waals surface area (Å²) in [5, 5.41) is 12.3. The average molecular weight is 362 g/mol. The molecule has 8 nitrogen and oxygen atoms in total. The van der Waals surface area contributed by atoms with Crippen molar-refractivity contribution < 1.29 is 9.59 Å². The minimum Gasteiger partial charge on any atom is -0.366 e. The van der Waals surface area contributed by atoms with E-state index >= 15 is 0 Å². The van der Waals surface area contributed by atoms with E-state index in [9.17, 15) is 9.59 Å². The number of primary amides is 1. The topological polar surface area (TPSA) is 107 Å². The highest BCUT2D eigenvalue weighted by atomic mass is 16.2. The van der Waals surface area contributed by atoms with Crippen molar-refractivity contribution in [3.63, 3.8) is 0 Å². The Kier molecular flexibility index (Phi) is 4.37. The minimum absolute atomic E-state index is 0.0146. The van der Waals surface area contributed by atoms with Gasteiger partial charge >= 0.3 is 0 Å². The molecule has 1 aliphatic rings. The van der Waals surface area contributed by atoms with E-state index in [0.29, 0.717) is 23.5 Å². The Morgan fingerprint density at radius 2 is 1.85 bits per heavy atom. The van der Waals surface area contributed by atoms with Gasteiger partial charge in [0.1, 0.15) is 6.54 Å². The SMILES string of the molecule is NC(=O)c1ccc(-c2nnn(CC(=O)N3CCCc4ccccc43)n2)cc1. The van der Waals surface area contributed by atoms with Crippen LogP contribution in [0.1, 0.15) is 22.3 Å². The number of anilines is 1. The standard InChI is InChI=1S/C19H18N6O2/c20-18(27)14-7-9-15(10-8-14)19-21-23-25(22-19)12-17(26)24-11-3-5-13-4-1-2-6-16(13)24/h1-2,4,6-10H,3,5,11-12H2,(H2,20,27). The van der Waals surface area contributed by atoms with Crippen molar-refractivity contribution in [2.24, 2.45) is 5.73 Å². The lowest BCUT2D eigenvalue weighted by molar-refractivity contribution is -0.119. The van der Waals surface area contributed by atoms with E-state index in [1.54, 1.807) is 29.2 Å². The van der Waals surface area contributed by atoms with Crippen LogP contribution < -0.4 is 10.6 Å². The largest absolute Gasteiger partial charge is 0.366 e. The number of hydrogen-bond donors (Lipinski definition) is 1. The summed E-state index contributed by atoms with van der Waals surface area (Å²) in [5.41, 5.74) is 8.48. The molecule has 0 bridgehead atoms. The number of rotatable bonds is 4. The number of tetrazole rings is 1. The minimum atomic E-state index is -0.495. The van der Waals surface area contributed by atoms with Gasteiger partial charge in [0.25, 0.3) is 5.91 Å². The molecule has 2 N–H and O–H groups in total. The number of carbonyl (C=O) groups is 2. The number of fused-ring (bicyclic) bond motifs is 1. The second-order valence-electron chi connectivity index (χ2n) is 6.36. The molecule has 27 heavy (non-hydrogen) atoms. The number of carbonyl (C=O) groups excluding carboxylic acids is 2. The van der Waals surface area contributed by atoms with Crippen molar-refractivity contribution in [2.75, 3.05) is 11.4 Å². The van der Waals surface area contributed by atoms with Gasteiger partial charge in [0.2, 0.25) is 11.7 Å². The molecule has 0 radical (unpaired) electrons. The predicted molar refractivity (Wildman–Crippen MR) is 98.9 cm³/mol. The molecule has 0 fully saturated rings. The second kappa shape index (κ2) is 6.99. The lowest BCUT2D eigenvalue weighted by Crippen LogP contribution is -2.38. The third kappa shape index (κ3) is 3.41. The molecule has 136 valence electrons. The Bertz CT molecular complexity index is 995. The van der Waals surface area contributed by atoms with Crippen molar-refractivity contribution in [1.29, 1.82) is 0 Å². The number of hydrogen-bond acceptors (Lipinski definition) is 5. The molecule has 1 aliphatic heterocycles. The van der Waals surface area contributed by atoms with Gasteiger partial charge in [-0.2, -0.15) is 4.80 Å². The number of benzene rings is 2. The molecule has 3 aromatic rings. The van der Waals surface area contributed by atoms with Gasteiger partial charge in [-0.15, -0.1) is 10.2 Å². The summed E-state index contributed by atoms with van der Waals surface area (Å²) in [6, 6.07) is 14.5. The van der Waals surface area contributed by atoms with Gasteiger partial charge in [-0.05, 0) is 41.8 Å². The molecule has 0 saturated carbocycles. The molecule has 8 heteroatoms. The summed E-state index contributed by atoms with van der Waals surface area (Å²) in [4.78, 5) is 27.0. The van der Waals surface area contributed by atoms with Gasteiger partial charge < -0.3 is 10.6 Å². The molecular formula is C19H18N6O2. The van der Waals surface area contributed by atoms with E-state index in [1.165, 1.54) is 10.4 Å². The van der Waals surface area contributed by atoms with Crippen LogP contribution >= 0.6 is 0 Å². The first-order valence-corrected chi connectivity index (χ1v) is 8.68. The van der Waals surface area contributed by atoms with E-state index in [-0.39, 0.29) is 12.5 Å². The molecule has 2 aromatic carbocycles. The van der Waals surface area contributed by atoms with Crippen molar-refractivity contribution in [2.45, 2.75) is 19.4 Å². The Labute approximate surface area is 155 Å². The lowest BCUT2D eigenvalue weighted by atomic mass is 10.0. The first-order chi connectivity index (χ1) is 13.1. The van der Waals surface area contributed by atoms with Gasteiger partial charge in [0.05, 0.1) is 0 Å². The summed E-state index contributed by atoms with van der Waals surface area (Å²) < 4.78 is 0. The van der Waals surface area contributed by atoms with E-state index in [4.69, 9.17) is 5.73 Å². The Morgan fingerprint density at radius 3 is 2.63 bits per heavy atom. The van der Waals surface area contributed by atoms with Gasteiger partial charge in [0.15, 0.2) is 0 Å². The molecule has 2 amide bonds. The highest BCUT2D eigenvalue weighted by molar-refractivity contribution is 5.94. The van der Waals surface area contributed by atoms with Crippen LogP contribution in [0.25, 0.3) is 11.4 Å². The van der Waals surface area contributed by atoms with Crippen molar-refractivity contribution in [1.82, 2.24) is 20.2 Å². The van der Waals surface area contributed by atoms with Gasteiger partial charge in [-0.25, -0.2) is 0 Å². The van der Waals surface area contributed by atoms with Crippen LogP contribution in [0.5, 0.6) is 0 Å². The molecule has 4 rings (SSSR count). The fourth-order valence-electron chi connectivity index (χ4n) is 3.21. The molecule has 0 unspecified atom stereocenters. The van der Waals surface area contributed by atoms with Crippen LogP contribution in [0, 0.1) is 0 Å². The van der Waals surface area contributed by atoms with Gasteiger partial charge in [-0.1, -0.05) is 30.3 Å². The zero-order chi connectivity index (χ0) is 18.8. The number of nitrogens with zero attached hydrogens (tertiary/aromatic N) is 5. The van der Waals surface area contributed by atoms with Crippen LogP contribution in [0.3, 0.4) is 0 Å². The summed E-state index contributed by atoms with van der Waals surface area (Å²) >= 11 is 0. The van der Waals surface area contributed by atoms with E-state index in [1.807, 2.05) is 18.2 Å². The number of amides is 2. The lowest BCUT2D eigenvalue weighted by Gasteiger charge is -2.29. The molecule has 2 heterocycles.